The third-order valence-corrected chi connectivity index (χ3v) is 3.49. The maximum atomic E-state index is 5.16. The van der Waals surface area contributed by atoms with Crippen LogP contribution in [-0.2, 0) is 0 Å². The first-order valence-corrected chi connectivity index (χ1v) is 6.81. The molecule has 1 saturated heterocycles. The molecule has 1 fully saturated rings. The minimum Gasteiger partial charge on any atom is -0.497 e. The van der Waals surface area contributed by atoms with Crippen molar-refractivity contribution in [2.24, 2.45) is 0 Å². The molecule has 0 radical (unpaired) electrons. The molecule has 20 heavy (non-hydrogen) atoms. The van der Waals surface area contributed by atoms with Crippen molar-refractivity contribution in [3.05, 3.63) is 24.3 Å². The van der Waals surface area contributed by atoms with Crippen LogP contribution in [0.4, 0.5) is 5.95 Å². The number of aromatic nitrogens is 3. The smallest absolute Gasteiger partial charge is 0.245 e. The van der Waals surface area contributed by atoms with Crippen LogP contribution in [-0.4, -0.2) is 48.0 Å². The number of H-pyrrole nitrogens is 1. The molecule has 2 N–H and O–H groups in total. The lowest BCUT2D eigenvalue weighted by Crippen LogP contribution is -2.49. The van der Waals surface area contributed by atoms with Gasteiger partial charge in [-0.2, -0.15) is 4.98 Å². The van der Waals surface area contributed by atoms with Gasteiger partial charge in [0.15, 0.2) is 5.82 Å². The molecule has 3 rings (SSSR count). The predicted octanol–water partition coefficient (Wildman–Crippen LogP) is 1.28. The topological polar surface area (TPSA) is 66.1 Å². The van der Waals surface area contributed by atoms with Gasteiger partial charge in [-0.15, -0.1) is 5.10 Å². The zero-order valence-electron chi connectivity index (χ0n) is 11.8. The van der Waals surface area contributed by atoms with Crippen LogP contribution < -0.4 is 15.0 Å². The van der Waals surface area contributed by atoms with Crippen LogP contribution in [0.25, 0.3) is 11.4 Å². The highest BCUT2D eigenvalue weighted by molar-refractivity contribution is 5.57. The van der Waals surface area contributed by atoms with E-state index in [4.69, 9.17) is 4.74 Å². The molecule has 1 aliphatic rings. The van der Waals surface area contributed by atoms with E-state index in [-0.39, 0.29) is 0 Å². The summed E-state index contributed by atoms with van der Waals surface area (Å²) in [6.45, 7) is 5.00. The molecule has 106 valence electrons. The Kier molecular flexibility index (Phi) is 3.56. The Labute approximate surface area is 118 Å². The molecule has 0 bridgehead atoms. The minimum atomic E-state index is 0.465. The van der Waals surface area contributed by atoms with Crippen LogP contribution in [0.5, 0.6) is 5.75 Å². The van der Waals surface area contributed by atoms with Crippen LogP contribution >= 0.6 is 0 Å². The average molecular weight is 273 g/mol. The summed E-state index contributed by atoms with van der Waals surface area (Å²) in [7, 11) is 1.66. The first kappa shape index (κ1) is 12.9. The first-order chi connectivity index (χ1) is 9.76. The van der Waals surface area contributed by atoms with Crippen molar-refractivity contribution < 1.29 is 4.74 Å². The Morgan fingerprint density at radius 2 is 2.10 bits per heavy atom. The molecular weight excluding hydrogens is 254 g/mol. The van der Waals surface area contributed by atoms with Crippen molar-refractivity contribution >= 4 is 5.95 Å². The fourth-order valence-corrected chi connectivity index (χ4v) is 2.39. The maximum Gasteiger partial charge on any atom is 0.245 e. The molecular formula is C14H19N5O. The average Bonchev–Trinajstić information content (AvgIpc) is 2.97. The molecule has 1 aliphatic heterocycles. The summed E-state index contributed by atoms with van der Waals surface area (Å²) in [6.07, 6.45) is 0. The van der Waals surface area contributed by atoms with Crippen LogP contribution in [0.1, 0.15) is 6.92 Å². The number of ether oxygens (including phenoxy) is 1. The number of hydrogen-bond acceptors (Lipinski definition) is 5. The van der Waals surface area contributed by atoms with E-state index in [2.05, 4.69) is 32.3 Å². The summed E-state index contributed by atoms with van der Waals surface area (Å²) >= 11 is 0. The highest BCUT2D eigenvalue weighted by Gasteiger charge is 2.19. The van der Waals surface area contributed by atoms with Gasteiger partial charge in [-0.1, -0.05) is 0 Å². The Bertz CT molecular complexity index is 565. The summed E-state index contributed by atoms with van der Waals surface area (Å²) < 4.78 is 5.16. The number of hydrogen-bond donors (Lipinski definition) is 2. The maximum absolute atomic E-state index is 5.16. The lowest BCUT2D eigenvalue weighted by Gasteiger charge is -2.30. The Morgan fingerprint density at radius 3 is 2.80 bits per heavy atom. The van der Waals surface area contributed by atoms with Gasteiger partial charge in [-0.05, 0) is 31.2 Å². The van der Waals surface area contributed by atoms with Crippen molar-refractivity contribution in [3.63, 3.8) is 0 Å². The molecule has 1 aromatic carbocycles. The molecule has 1 aromatic heterocycles. The van der Waals surface area contributed by atoms with Gasteiger partial charge in [-0.3, -0.25) is 5.10 Å². The zero-order valence-corrected chi connectivity index (χ0v) is 11.8. The number of anilines is 1. The SMILES string of the molecule is COc1ccc(-c2nc(N3CCN[C@@H](C)C3)n[nH]2)cc1. The summed E-state index contributed by atoms with van der Waals surface area (Å²) in [5, 5.41) is 10.7. The number of methoxy groups -OCH3 is 1. The lowest BCUT2D eigenvalue weighted by molar-refractivity contribution is 0.415. The molecule has 0 saturated carbocycles. The number of rotatable bonds is 3. The molecule has 2 heterocycles. The number of benzene rings is 1. The summed E-state index contributed by atoms with van der Waals surface area (Å²) in [5.74, 6) is 2.39. The van der Waals surface area contributed by atoms with Gasteiger partial charge in [0.05, 0.1) is 7.11 Å². The van der Waals surface area contributed by atoms with Crippen LogP contribution in [0.2, 0.25) is 0 Å². The van der Waals surface area contributed by atoms with Gasteiger partial charge in [0.2, 0.25) is 5.95 Å². The van der Waals surface area contributed by atoms with Crippen LogP contribution in [0.15, 0.2) is 24.3 Å². The Hall–Kier alpha value is -2.08. The molecule has 0 amide bonds. The second kappa shape index (κ2) is 5.50. The Morgan fingerprint density at radius 1 is 1.30 bits per heavy atom. The number of nitrogens with one attached hydrogen (secondary N) is 2. The van der Waals surface area contributed by atoms with E-state index in [0.717, 1.165) is 42.7 Å². The van der Waals surface area contributed by atoms with E-state index in [1.807, 2.05) is 24.3 Å². The Balaban J connectivity index is 1.78. The minimum absolute atomic E-state index is 0.465. The number of aromatic amines is 1. The second-order valence-corrected chi connectivity index (χ2v) is 5.01. The molecule has 0 unspecified atom stereocenters. The van der Waals surface area contributed by atoms with E-state index < -0.39 is 0 Å². The number of nitrogens with zero attached hydrogens (tertiary/aromatic N) is 3. The fourth-order valence-electron chi connectivity index (χ4n) is 2.39. The monoisotopic (exact) mass is 273 g/mol. The molecule has 0 aliphatic carbocycles. The van der Waals surface area contributed by atoms with Crippen molar-refractivity contribution in [1.82, 2.24) is 20.5 Å². The van der Waals surface area contributed by atoms with Gasteiger partial charge < -0.3 is 15.0 Å². The van der Waals surface area contributed by atoms with Crippen LogP contribution in [0.3, 0.4) is 0 Å². The number of piperazine rings is 1. The zero-order chi connectivity index (χ0) is 13.9. The summed E-state index contributed by atoms with van der Waals surface area (Å²) in [6, 6.07) is 8.26. The van der Waals surface area contributed by atoms with Crippen molar-refractivity contribution in [3.8, 4) is 17.1 Å². The quantitative estimate of drug-likeness (QED) is 0.882. The van der Waals surface area contributed by atoms with E-state index in [0.29, 0.717) is 6.04 Å². The van der Waals surface area contributed by atoms with Crippen molar-refractivity contribution in [2.45, 2.75) is 13.0 Å². The highest BCUT2D eigenvalue weighted by atomic mass is 16.5. The van der Waals surface area contributed by atoms with E-state index in [1.165, 1.54) is 0 Å². The van der Waals surface area contributed by atoms with E-state index in [9.17, 15) is 0 Å². The largest absolute Gasteiger partial charge is 0.497 e. The fraction of sp³-hybridized carbons (Fsp3) is 0.429. The van der Waals surface area contributed by atoms with E-state index >= 15 is 0 Å². The second-order valence-electron chi connectivity index (χ2n) is 5.01. The van der Waals surface area contributed by atoms with Gasteiger partial charge >= 0.3 is 0 Å². The van der Waals surface area contributed by atoms with Gasteiger partial charge in [-0.25, -0.2) is 0 Å². The van der Waals surface area contributed by atoms with Gasteiger partial charge in [0.1, 0.15) is 5.75 Å². The first-order valence-electron chi connectivity index (χ1n) is 6.81. The van der Waals surface area contributed by atoms with Crippen LogP contribution in [0, 0.1) is 0 Å². The highest BCUT2D eigenvalue weighted by Crippen LogP contribution is 2.21. The van der Waals surface area contributed by atoms with Crippen molar-refractivity contribution in [2.75, 3.05) is 31.6 Å². The van der Waals surface area contributed by atoms with E-state index in [1.54, 1.807) is 7.11 Å². The van der Waals surface area contributed by atoms with Gasteiger partial charge in [0.25, 0.3) is 0 Å². The molecule has 1 atom stereocenters. The third kappa shape index (κ3) is 2.60. The molecule has 0 spiro atoms. The predicted molar refractivity (Wildman–Crippen MR) is 78.0 cm³/mol. The molecule has 2 aromatic rings. The molecule has 6 heteroatoms. The normalized spacial score (nSPS) is 19.1. The molecule has 6 nitrogen and oxygen atoms in total. The van der Waals surface area contributed by atoms with Crippen molar-refractivity contribution in [1.29, 1.82) is 0 Å². The standard InChI is InChI=1S/C14H19N5O/c1-10-9-19(8-7-15-10)14-16-13(17-18-14)11-3-5-12(20-2)6-4-11/h3-6,10,15H,7-9H2,1-2H3,(H,16,17,18)/t10-/m0/s1. The summed E-state index contributed by atoms with van der Waals surface area (Å²) in [4.78, 5) is 6.78. The lowest BCUT2D eigenvalue weighted by atomic mass is 10.2. The summed E-state index contributed by atoms with van der Waals surface area (Å²) in [5.41, 5.74) is 1.01. The third-order valence-electron chi connectivity index (χ3n) is 3.49. The van der Waals surface area contributed by atoms with Gasteiger partial charge in [0, 0.05) is 31.2 Å².